The molecule has 6 heteroatoms. The minimum Gasteiger partial charge on any atom is -0.481 e. The van der Waals surface area contributed by atoms with Crippen LogP contribution in [0.15, 0.2) is 24.3 Å². The fourth-order valence-corrected chi connectivity index (χ4v) is 5.23. The van der Waals surface area contributed by atoms with Gasteiger partial charge in [-0.3, -0.25) is 14.4 Å². The molecule has 1 aromatic carbocycles. The van der Waals surface area contributed by atoms with Gasteiger partial charge in [-0.2, -0.15) is 0 Å². The number of aliphatic carboxylic acids is 1. The molecular formula is C21H26N2O4. The first-order valence-corrected chi connectivity index (χ1v) is 9.97. The summed E-state index contributed by atoms with van der Waals surface area (Å²) in [5.74, 6) is -1.73. The van der Waals surface area contributed by atoms with Crippen molar-refractivity contribution in [1.29, 1.82) is 0 Å². The van der Waals surface area contributed by atoms with E-state index in [-0.39, 0.29) is 23.7 Å². The van der Waals surface area contributed by atoms with Crippen LogP contribution in [0.4, 0.5) is 5.69 Å². The van der Waals surface area contributed by atoms with E-state index < -0.39 is 17.8 Å². The van der Waals surface area contributed by atoms with Gasteiger partial charge in [-0.15, -0.1) is 0 Å². The van der Waals surface area contributed by atoms with Crippen LogP contribution in [0.25, 0.3) is 0 Å². The molecule has 4 atom stereocenters. The number of likely N-dealkylation sites (tertiary alicyclic amines) is 1. The summed E-state index contributed by atoms with van der Waals surface area (Å²) in [5, 5.41) is 12.4. The van der Waals surface area contributed by atoms with Gasteiger partial charge >= 0.3 is 5.97 Å². The lowest BCUT2D eigenvalue weighted by molar-refractivity contribution is -0.148. The summed E-state index contributed by atoms with van der Waals surface area (Å²) in [6.45, 7) is 1.61. The molecular weight excluding hydrogens is 344 g/mol. The fourth-order valence-electron chi connectivity index (χ4n) is 5.23. The Labute approximate surface area is 158 Å². The molecule has 144 valence electrons. The molecule has 0 spiro atoms. The highest BCUT2D eigenvalue weighted by molar-refractivity contribution is 5.97. The molecule has 27 heavy (non-hydrogen) atoms. The first-order valence-electron chi connectivity index (χ1n) is 9.97. The van der Waals surface area contributed by atoms with Crippen LogP contribution < -0.4 is 5.32 Å². The van der Waals surface area contributed by atoms with Crippen molar-refractivity contribution in [2.24, 2.45) is 23.7 Å². The van der Waals surface area contributed by atoms with Crippen LogP contribution in [0, 0.1) is 23.7 Å². The number of hydrogen-bond acceptors (Lipinski definition) is 3. The normalized spacial score (nSPS) is 29.6. The highest BCUT2D eigenvalue weighted by atomic mass is 16.4. The third-order valence-electron chi connectivity index (χ3n) is 6.55. The second-order valence-corrected chi connectivity index (χ2v) is 8.14. The van der Waals surface area contributed by atoms with Gasteiger partial charge in [0.15, 0.2) is 0 Å². The van der Waals surface area contributed by atoms with Gasteiger partial charge < -0.3 is 15.3 Å². The highest BCUT2D eigenvalue weighted by Gasteiger charge is 2.53. The molecule has 1 aliphatic heterocycles. The number of amides is 2. The van der Waals surface area contributed by atoms with Crippen LogP contribution in [0.3, 0.4) is 0 Å². The Kier molecular flexibility index (Phi) is 4.89. The molecule has 2 bridgehead atoms. The number of nitrogens with one attached hydrogen (secondary N) is 1. The zero-order valence-corrected chi connectivity index (χ0v) is 15.4. The molecule has 2 saturated carbocycles. The molecule has 4 rings (SSSR count). The Morgan fingerprint density at radius 2 is 1.56 bits per heavy atom. The maximum absolute atomic E-state index is 12.7. The molecule has 1 aromatic rings. The van der Waals surface area contributed by atoms with E-state index in [0.29, 0.717) is 11.3 Å². The van der Waals surface area contributed by atoms with E-state index in [2.05, 4.69) is 5.32 Å². The van der Waals surface area contributed by atoms with E-state index in [1.807, 2.05) is 4.90 Å². The number of piperidine rings is 1. The Bertz CT molecular complexity index is 739. The lowest BCUT2D eigenvalue weighted by Gasteiger charge is -2.27. The fraction of sp³-hybridized carbons (Fsp3) is 0.571. The predicted octanol–water partition coefficient (Wildman–Crippen LogP) is 3.00. The van der Waals surface area contributed by atoms with Crippen molar-refractivity contribution < 1.29 is 19.5 Å². The number of benzene rings is 1. The third kappa shape index (κ3) is 3.45. The maximum atomic E-state index is 12.7. The summed E-state index contributed by atoms with van der Waals surface area (Å²) < 4.78 is 0. The number of hydrogen-bond donors (Lipinski definition) is 2. The van der Waals surface area contributed by atoms with E-state index in [9.17, 15) is 19.5 Å². The van der Waals surface area contributed by atoms with Crippen molar-refractivity contribution in [3.63, 3.8) is 0 Å². The Balaban J connectivity index is 1.41. The van der Waals surface area contributed by atoms with Gasteiger partial charge in [-0.25, -0.2) is 0 Å². The number of carboxylic acid groups (broad SMARTS) is 1. The highest BCUT2D eigenvalue weighted by Crippen LogP contribution is 2.52. The molecule has 0 aromatic heterocycles. The first kappa shape index (κ1) is 18.0. The monoisotopic (exact) mass is 370 g/mol. The smallest absolute Gasteiger partial charge is 0.307 e. The Morgan fingerprint density at radius 3 is 2.19 bits per heavy atom. The van der Waals surface area contributed by atoms with Gasteiger partial charge in [0.2, 0.25) is 5.91 Å². The van der Waals surface area contributed by atoms with Crippen LogP contribution in [0.5, 0.6) is 0 Å². The van der Waals surface area contributed by atoms with E-state index in [0.717, 1.165) is 45.2 Å². The van der Waals surface area contributed by atoms with Gasteiger partial charge in [-0.1, -0.05) is 0 Å². The van der Waals surface area contributed by atoms with Crippen molar-refractivity contribution in [3.05, 3.63) is 29.8 Å². The second kappa shape index (κ2) is 7.33. The minimum absolute atomic E-state index is 0.0339. The largest absolute Gasteiger partial charge is 0.481 e. The van der Waals surface area contributed by atoms with Crippen LogP contribution in [-0.4, -0.2) is 40.9 Å². The van der Waals surface area contributed by atoms with Crippen molar-refractivity contribution in [2.45, 2.75) is 38.5 Å². The zero-order chi connectivity index (χ0) is 19.0. The van der Waals surface area contributed by atoms with Crippen LogP contribution in [0.1, 0.15) is 48.9 Å². The molecule has 3 fully saturated rings. The number of carboxylic acids is 1. The summed E-state index contributed by atoms with van der Waals surface area (Å²) >= 11 is 0. The lowest BCUT2D eigenvalue weighted by atomic mass is 9.78. The summed E-state index contributed by atoms with van der Waals surface area (Å²) in [7, 11) is 0. The molecule has 6 nitrogen and oxygen atoms in total. The first-order chi connectivity index (χ1) is 13.0. The molecule has 1 heterocycles. The van der Waals surface area contributed by atoms with E-state index in [1.54, 1.807) is 24.3 Å². The van der Waals surface area contributed by atoms with Gasteiger partial charge in [0.05, 0.1) is 11.8 Å². The number of carbonyl (C=O) groups excluding carboxylic acids is 2. The summed E-state index contributed by atoms with van der Waals surface area (Å²) in [4.78, 5) is 38.7. The summed E-state index contributed by atoms with van der Waals surface area (Å²) in [6.07, 6.45) is 5.98. The van der Waals surface area contributed by atoms with Gasteiger partial charge in [0.1, 0.15) is 0 Å². The minimum atomic E-state index is -0.857. The standard InChI is InChI=1S/C21H26N2O4/c24-19(17-14-4-5-15(12-14)18(17)21(26)27)22-16-8-6-13(7-9-16)20(25)23-10-2-1-3-11-23/h6-9,14-15,17-18H,1-5,10-12H2,(H,22,24)(H,26,27)/t14-,15+,17-,18+/m0/s1. The summed E-state index contributed by atoms with van der Waals surface area (Å²) in [6, 6.07) is 6.94. The molecule has 0 radical (unpaired) electrons. The number of anilines is 1. The van der Waals surface area contributed by atoms with Crippen LogP contribution in [0.2, 0.25) is 0 Å². The van der Waals surface area contributed by atoms with Crippen molar-refractivity contribution in [1.82, 2.24) is 4.90 Å². The second-order valence-electron chi connectivity index (χ2n) is 8.14. The van der Waals surface area contributed by atoms with Gasteiger partial charge in [-0.05, 0) is 74.6 Å². The SMILES string of the molecule is O=C(O)[C@@H]1[C@@H]2CC[C@@H](C2)[C@@H]1C(=O)Nc1ccc(C(=O)N2CCCCC2)cc1. The molecule has 1 saturated heterocycles. The quantitative estimate of drug-likeness (QED) is 0.853. The van der Waals surface area contributed by atoms with Gasteiger partial charge in [0, 0.05) is 24.3 Å². The molecule has 3 aliphatic rings. The number of rotatable bonds is 4. The maximum Gasteiger partial charge on any atom is 0.307 e. The average molecular weight is 370 g/mol. The van der Waals surface area contributed by atoms with Crippen molar-refractivity contribution >= 4 is 23.5 Å². The predicted molar refractivity (Wildman–Crippen MR) is 100 cm³/mol. The number of nitrogens with zero attached hydrogens (tertiary/aromatic N) is 1. The molecule has 2 amide bonds. The Morgan fingerprint density at radius 1 is 0.926 bits per heavy atom. The third-order valence-corrected chi connectivity index (χ3v) is 6.55. The topological polar surface area (TPSA) is 86.7 Å². The number of fused-ring (bicyclic) bond motifs is 2. The molecule has 0 unspecified atom stereocenters. The zero-order valence-electron chi connectivity index (χ0n) is 15.4. The molecule has 2 N–H and O–H groups in total. The summed E-state index contributed by atoms with van der Waals surface area (Å²) in [5.41, 5.74) is 1.24. The van der Waals surface area contributed by atoms with E-state index in [1.165, 1.54) is 6.42 Å². The van der Waals surface area contributed by atoms with Crippen molar-refractivity contribution in [3.8, 4) is 0 Å². The van der Waals surface area contributed by atoms with E-state index in [4.69, 9.17) is 0 Å². The van der Waals surface area contributed by atoms with Crippen LogP contribution in [-0.2, 0) is 9.59 Å². The van der Waals surface area contributed by atoms with E-state index >= 15 is 0 Å². The van der Waals surface area contributed by atoms with Gasteiger partial charge in [0.25, 0.3) is 5.91 Å². The van der Waals surface area contributed by atoms with Crippen LogP contribution >= 0.6 is 0 Å². The Hall–Kier alpha value is -2.37. The van der Waals surface area contributed by atoms with Crippen molar-refractivity contribution in [2.75, 3.05) is 18.4 Å². The molecule has 2 aliphatic carbocycles. The average Bonchev–Trinajstić information content (AvgIpc) is 3.30. The number of carbonyl (C=O) groups is 3. The lowest BCUT2D eigenvalue weighted by Crippen LogP contribution is -2.37.